The van der Waals surface area contributed by atoms with Gasteiger partial charge in [0, 0.05) is 54.9 Å². The van der Waals surface area contributed by atoms with Crippen molar-refractivity contribution in [1.29, 1.82) is 5.26 Å². The van der Waals surface area contributed by atoms with Crippen LogP contribution in [0.3, 0.4) is 0 Å². The summed E-state index contributed by atoms with van der Waals surface area (Å²) in [7, 11) is 0. The van der Waals surface area contributed by atoms with E-state index in [1.165, 1.54) is 0 Å². The third kappa shape index (κ3) is 4.78. The molecule has 5 rings (SSSR count). The highest BCUT2D eigenvalue weighted by Crippen LogP contribution is 2.28. The van der Waals surface area contributed by atoms with Gasteiger partial charge in [0.05, 0.1) is 22.9 Å². The number of amides is 1. The number of fused-ring (bicyclic) bond motifs is 1. The van der Waals surface area contributed by atoms with E-state index in [-0.39, 0.29) is 5.91 Å². The molecule has 1 aliphatic heterocycles. The first-order valence-corrected chi connectivity index (χ1v) is 12.4. The average Bonchev–Trinajstić information content (AvgIpc) is 3.15. The molecule has 1 fully saturated rings. The second-order valence-corrected chi connectivity index (χ2v) is 9.29. The number of hydrogen-bond acceptors (Lipinski definition) is 5. The Kier molecular flexibility index (Phi) is 6.50. The number of nitrogens with zero attached hydrogens (tertiary/aromatic N) is 5. The van der Waals surface area contributed by atoms with Gasteiger partial charge in [0.2, 0.25) is 0 Å². The number of carbonyl (C=O) groups is 1. The van der Waals surface area contributed by atoms with Crippen molar-refractivity contribution >= 4 is 29.0 Å². The Hall–Kier alpha value is -3.76. The van der Waals surface area contributed by atoms with E-state index in [1.807, 2.05) is 88.4 Å². The number of carbonyl (C=O) groups excluding carboxylic acids is 1. The zero-order valence-corrected chi connectivity index (χ0v) is 19.6. The van der Waals surface area contributed by atoms with Crippen molar-refractivity contribution in [3.63, 3.8) is 0 Å². The molecule has 6 nitrogen and oxygen atoms in total. The number of nitriles is 1. The maximum absolute atomic E-state index is 13.5. The van der Waals surface area contributed by atoms with Crippen LogP contribution in [-0.2, 0) is 5.75 Å². The van der Waals surface area contributed by atoms with E-state index in [0.29, 0.717) is 17.9 Å². The molecule has 0 spiro atoms. The van der Waals surface area contributed by atoms with E-state index in [1.54, 1.807) is 11.8 Å². The Morgan fingerprint density at radius 2 is 1.79 bits per heavy atom. The fraction of sp³-hybridized carbons (Fsp3) is 0.222. The fourth-order valence-corrected chi connectivity index (χ4v) is 5.20. The minimum atomic E-state index is 0.0831. The van der Waals surface area contributed by atoms with Gasteiger partial charge in [0.15, 0.2) is 0 Å². The quantitative estimate of drug-likeness (QED) is 0.393. The lowest BCUT2D eigenvalue weighted by atomic mass is 10.2. The zero-order chi connectivity index (χ0) is 23.3. The number of benzene rings is 2. The van der Waals surface area contributed by atoms with Crippen molar-refractivity contribution in [1.82, 2.24) is 14.3 Å². The zero-order valence-electron chi connectivity index (χ0n) is 18.8. The number of pyridine rings is 1. The minimum Gasteiger partial charge on any atom is -0.370 e. The van der Waals surface area contributed by atoms with Gasteiger partial charge in [-0.2, -0.15) is 5.26 Å². The van der Waals surface area contributed by atoms with Crippen molar-refractivity contribution in [3.8, 4) is 6.07 Å². The molecule has 7 heteroatoms. The highest BCUT2D eigenvalue weighted by molar-refractivity contribution is 7.98. The Bertz CT molecular complexity index is 1310. The summed E-state index contributed by atoms with van der Waals surface area (Å²) in [6, 6.07) is 23.7. The van der Waals surface area contributed by atoms with E-state index in [2.05, 4.69) is 16.0 Å². The molecule has 3 heterocycles. The highest BCUT2D eigenvalue weighted by Gasteiger charge is 2.22. The van der Waals surface area contributed by atoms with Crippen LogP contribution in [0.2, 0.25) is 0 Å². The average molecular weight is 468 g/mol. The summed E-state index contributed by atoms with van der Waals surface area (Å²) >= 11 is 1.65. The van der Waals surface area contributed by atoms with Crippen molar-refractivity contribution in [2.45, 2.75) is 17.1 Å². The first-order valence-electron chi connectivity index (χ1n) is 11.4. The van der Waals surface area contributed by atoms with E-state index in [0.717, 1.165) is 53.5 Å². The van der Waals surface area contributed by atoms with Gasteiger partial charge in [0.25, 0.3) is 5.91 Å². The number of thioether (sulfide) groups is 1. The van der Waals surface area contributed by atoms with Crippen LogP contribution in [0.1, 0.15) is 28.0 Å². The molecular formula is C27H25N5OS. The SMILES string of the molecule is N#Cc1ccc(N2CCCN(C(=O)c3ccccc3SCc3cn4ccccc4n3)CC2)cc1. The van der Waals surface area contributed by atoms with Crippen LogP contribution in [0.25, 0.3) is 5.65 Å². The Morgan fingerprint density at radius 3 is 2.62 bits per heavy atom. The van der Waals surface area contributed by atoms with Crippen molar-refractivity contribution in [2.24, 2.45) is 0 Å². The summed E-state index contributed by atoms with van der Waals surface area (Å²) in [6.45, 7) is 3.06. The predicted octanol–water partition coefficient (Wildman–Crippen LogP) is 4.85. The topological polar surface area (TPSA) is 64.6 Å². The molecule has 0 atom stereocenters. The Morgan fingerprint density at radius 1 is 0.971 bits per heavy atom. The molecule has 0 unspecified atom stereocenters. The number of anilines is 1. The van der Waals surface area contributed by atoms with Crippen LogP contribution in [-0.4, -0.2) is 46.4 Å². The molecule has 1 amide bonds. The normalized spacial score (nSPS) is 14.1. The minimum absolute atomic E-state index is 0.0831. The van der Waals surface area contributed by atoms with Crippen molar-refractivity contribution in [2.75, 3.05) is 31.1 Å². The number of hydrogen-bond donors (Lipinski definition) is 0. The lowest BCUT2D eigenvalue weighted by molar-refractivity contribution is 0.0763. The summed E-state index contributed by atoms with van der Waals surface area (Å²) in [5.41, 5.74) is 4.43. The maximum atomic E-state index is 13.5. The number of imidazole rings is 1. The lowest BCUT2D eigenvalue weighted by Gasteiger charge is -2.24. The molecule has 0 radical (unpaired) electrons. The van der Waals surface area contributed by atoms with Gasteiger partial charge in [-0.05, 0) is 55.0 Å². The highest BCUT2D eigenvalue weighted by atomic mass is 32.2. The summed E-state index contributed by atoms with van der Waals surface area (Å²) in [4.78, 5) is 23.4. The standard InChI is InChI=1S/C27H25N5OS/c28-18-21-9-11-23(12-10-21)30-14-5-15-31(17-16-30)27(33)24-6-1-2-7-25(24)34-20-22-19-32-13-4-3-8-26(32)29-22/h1-4,6-13,19H,5,14-17,20H2. The van der Waals surface area contributed by atoms with Crippen LogP contribution >= 0.6 is 11.8 Å². The molecule has 0 bridgehead atoms. The van der Waals surface area contributed by atoms with E-state index in [4.69, 9.17) is 5.26 Å². The summed E-state index contributed by atoms with van der Waals surface area (Å²) in [6.07, 6.45) is 4.94. The van der Waals surface area contributed by atoms with Gasteiger partial charge in [-0.1, -0.05) is 18.2 Å². The van der Waals surface area contributed by atoms with E-state index >= 15 is 0 Å². The van der Waals surface area contributed by atoms with Crippen LogP contribution < -0.4 is 4.90 Å². The molecular weight excluding hydrogens is 442 g/mol. The fourth-order valence-electron chi connectivity index (χ4n) is 4.27. The van der Waals surface area contributed by atoms with Crippen LogP contribution in [0.5, 0.6) is 0 Å². The number of rotatable bonds is 5. The summed E-state index contributed by atoms with van der Waals surface area (Å²) < 4.78 is 2.02. The van der Waals surface area contributed by atoms with Gasteiger partial charge in [0.1, 0.15) is 5.65 Å². The second-order valence-electron chi connectivity index (χ2n) is 8.27. The molecule has 170 valence electrons. The molecule has 0 N–H and O–H groups in total. The first kappa shape index (κ1) is 22.1. The molecule has 1 saturated heterocycles. The molecule has 0 saturated carbocycles. The molecule has 2 aromatic heterocycles. The smallest absolute Gasteiger partial charge is 0.255 e. The first-order chi connectivity index (χ1) is 16.7. The maximum Gasteiger partial charge on any atom is 0.255 e. The van der Waals surface area contributed by atoms with Gasteiger partial charge in [-0.25, -0.2) is 4.98 Å². The lowest BCUT2D eigenvalue weighted by Crippen LogP contribution is -2.35. The molecule has 2 aromatic carbocycles. The van der Waals surface area contributed by atoms with Crippen molar-refractivity contribution in [3.05, 3.63) is 95.9 Å². The molecule has 1 aliphatic rings. The largest absolute Gasteiger partial charge is 0.370 e. The molecule has 4 aromatic rings. The predicted molar refractivity (Wildman–Crippen MR) is 135 cm³/mol. The van der Waals surface area contributed by atoms with E-state index in [9.17, 15) is 4.79 Å². The second kappa shape index (κ2) is 10.0. The Labute approximate surface area is 203 Å². The third-order valence-corrected chi connectivity index (χ3v) is 7.16. The van der Waals surface area contributed by atoms with Gasteiger partial charge in [-0.15, -0.1) is 11.8 Å². The third-order valence-electron chi connectivity index (χ3n) is 6.05. The van der Waals surface area contributed by atoms with Crippen LogP contribution in [0.4, 0.5) is 5.69 Å². The van der Waals surface area contributed by atoms with Gasteiger partial charge in [-0.3, -0.25) is 4.79 Å². The van der Waals surface area contributed by atoms with Gasteiger partial charge < -0.3 is 14.2 Å². The summed E-state index contributed by atoms with van der Waals surface area (Å²) in [5.74, 6) is 0.790. The van der Waals surface area contributed by atoms with E-state index < -0.39 is 0 Å². The number of aromatic nitrogens is 2. The molecule has 0 aliphatic carbocycles. The summed E-state index contributed by atoms with van der Waals surface area (Å²) in [5, 5.41) is 9.03. The molecule has 34 heavy (non-hydrogen) atoms. The van der Waals surface area contributed by atoms with Crippen LogP contribution in [0, 0.1) is 11.3 Å². The monoisotopic (exact) mass is 467 g/mol. The van der Waals surface area contributed by atoms with Crippen molar-refractivity contribution < 1.29 is 4.79 Å². The Balaban J connectivity index is 1.26. The van der Waals surface area contributed by atoms with Crippen LogP contribution in [0.15, 0.2) is 84.0 Å². The van der Waals surface area contributed by atoms with Gasteiger partial charge >= 0.3 is 0 Å².